The monoisotopic (exact) mass is 373 g/mol. The van der Waals surface area contributed by atoms with Gasteiger partial charge in [0.25, 0.3) is 11.1 Å². The normalized spacial score (nSPS) is 15.7. The number of pyridine rings is 2. The largest absolute Gasteiger partial charge is 0.396 e. The van der Waals surface area contributed by atoms with Gasteiger partial charge in [0.15, 0.2) is 0 Å². The van der Waals surface area contributed by atoms with Gasteiger partial charge >= 0.3 is 0 Å². The molecule has 0 saturated heterocycles. The van der Waals surface area contributed by atoms with E-state index in [0.717, 1.165) is 47.3 Å². The van der Waals surface area contributed by atoms with Crippen LogP contribution >= 0.6 is 11.5 Å². The lowest BCUT2D eigenvalue weighted by Gasteiger charge is -2.23. The number of nitrogens with zero attached hydrogens (tertiary/aromatic N) is 2. The molecule has 1 saturated carbocycles. The maximum absolute atomic E-state index is 12.9. The van der Waals surface area contributed by atoms with Crippen LogP contribution in [0.25, 0.3) is 15.6 Å². The van der Waals surface area contributed by atoms with Gasteiger partial charge in [0.2, 0.25) is 0 Å². The van der Waals surface area contributed by atoms with Gasteiger partial charge in [-0.25, -0.2) is 0 Å². The van der Waals surface area contributed by atoms with Crippen LogP contribution in [0.15, 0.2) is 21.9 Å². The number of rotatable bonds is 5. The summed E-state index contributed by atoms with van der Waals surface area (Å²) in [5.74, 6) is 0.394. The highest BCUT2D eigenvalue weighted by Crippen LogP contribution is 2.45. The smallest absolute Gasteiger partial charge is 0.271 e. The second kappa shape index (κ2) is 6.14. The molecule has 0 amide bonds. The van der Waals surface area contributed by atoms with Crippen LogP contribution in [0.3, 0.4) is 0 Å². The first-order chi connectivity index (χ1) is 12.4. The van der Waals surface area contributed by atoms with E-state index in [-0.39, 0.29) is 22.5 Å². The zero-order valence-electron chi connectivity index (χ0n) is 14.9. The molecule has 0 aromatic carbocycles. The van der Waals surface area contributed by atoms with E-state index < -0.39 is 0 Å². The molecular formula is C18H23N5O2S. The molecule has 3 aromatic heterocycles. The summed E-state index contributed by atoms with van der Waals surface area (Å²) in [5, 5.41) is 0.242. The number of aromatic amines is 1. The zero-order chi connectivity index (χ0) is 18.6. The first-order valence-corrected chi connectivity index (χ1v) is 9.65. The summed E-state index contributed by atoms with van der Waals surface area (Å²) in [7, 11) is 1.98. The molecule has 1 fully saturated rings. The number of hydrogen-bond acceptors (Lipinski definition) is 6. The van der Waals surface area contributed by atoms with Crippen LogP contribution in [0, 0.1) is 0 Å². The minimum absolute atomic E-state index is 0.112. The van der Waals surface area contributed by atoms with Crippen LogP contribution < -0.4 is 27.5 Å². The summed E-state index contributed by atoms with van der Waals surface area (Å²) >= 11 is 1.26. The Kier molecular flexibility index (Phi) is 4.04. The van der Waals surface area contributed by atoms with Crippen LogP contribution in [0.5, 0.6) is 0 Å². The molecule has 8 heteroatoms. The van der Waals surface area contributed by atoms with Gasteiger partial charge in [-0.1, -0.05) is 11.5 Å². The van der Waals surface area contributed by atoms with Gasteiger partial charge in [0, 0.05) is 25.8 Å². The third-order valence-corrected chi connectivity index (χ3v) is 5.98. The van der Waals surface area contributed by atoms with E-state index in [1.165, 1.54) is 15.9 Å². The summed E-state index contributed by atoms with van der Waals surface area (Å²) in [4.78, 5) is 27.1. The van der Waals surface area contributed by atoms with E-state index >= 15 is 0 Å². The van der Waals surface area contributed by atoms with Crippen molar-refractivity contribution in [2.45, 2.75) is 38.1 Å². The van der Waals surface area contributed by atoms with E-state index in [1.807, 2.05) is 20.0 Å². The standard InChI is InChI=1S/C18H23N5O2S/c1-9(19)5-6-22(2)12-7-13-14(10-3-4-10)16-15(17(24)21-26-16)18(25)23(13)8-11(12)20/h7-10H,3-6,19-20H2,1-2H3,(H,21,24). The minimum Gasteiger partial charge on any atom is -0.396 e. The highest BCUT2D eigenvalue weighted by molar-refractivity contribution is 7.13. The first kappa shape index (κ1) is 17.1. The van der Waals surface area contributed by atoms with E-state index in [2.05, 4.69) is 9.27 Å². The average molecular weight is 373 g/mol. The van der Waals surface area contributed by atoms with Gasteiger partial charge in [0.05, 0.1) is 21.6 Å². The summed E-state index contributed by atoms with van der Waals surface area (Å²) in [6, 6.07) is 2.09. The number of nitrogen functional groups attached to an aromatic ring is 1. The predicted octanol–water partition coefficient (Wildman–Crippen LogP) is 1.84. The fourth-order valence-corrected chi connectivity index (χ4v) is 4.43. The summed E-state index contributed by atoms with van der Waals surface area (Å²) in [6.45, 7) is 2.76. The first-order valence-electron chi connectivity index (χ1n) is 8.84. The molecule has 5 N–H and O–H groups in total. The van der Waals surface area contributed by atoms with Gasteiger partial charge in [-0.05, 0) is 43.7 Å². The SMILES string of the molecule is CC(N)CCN(C)c1cc2c(C3CC3)c3s[nH]c(=O)c3c(=O)n2cc1N. The number of nitrogens with two attached hydrogens (primary N) is 2. The molecule has 1 aliphatic rings. The summed E-state index contributed by atoms with van der Waals surface area (Å²) < 4.78 is 5.04. The molecule has 7 nitrogen and oxygen atoms in total. The van der Waals surface area contributed by atoms with Crippen molar-refractivity contribution < 1.29 is 0 Å². The quantitative estimate of drug-likeness (QED) is 0.632. The van der Waals surface area contributed by atoms with Crippen LogP contribution in [0.1, 0.15) is 37.7 Å². The van der Waals surface area contributed by atoms with Crippen LogP contribution in [0.2, 0.25) is 0 Å². The van der Waals surface area contributed by atoms with E-state index in [0.29, 0.717) is 11.6 Å². The minimum atomic E-state index is -0.317. The van der Waals surface area contributed by atoms with Crippen molar-refractivity contribution in [3.8, 4) is 0 Å². The molecule has 26 heavy (non-hydrogen) atoms. The van der Waals surface area contributed by atoms with Crippen molar-refractivity contribution in [3.63, 3.8) is 0 Å². The lowest BCUT2D eigenvalue weighted by molar-refractivity contribution is 0.659. The maximum atomic E-state index is 12.9. The van der Waals surface area contributed by atoms with E-state index in [9.17, 15) is 9.59 Å². The highest BCUT2D eigenvalue weighted by Gasteiger charge is 2.30. The van der Waals surface area contributed by atoms with Crippen LogP contribution in [-0.2, 0) is 0 Å². The Morgan fingerprint density at radius 2 is 2.15 bits per heavy atom. The fourth-order valence-electron chi connectivity index (χ4n) is 3.47. The number of nitrogens with one attached hydrogen (secondary N) is 1. The number of anilines is 2. The molecular weight excluding hydrogens is 350 g/mol. The lowest BCUT2D eigenvalue weighted by atomic mass is 10.1. The Balaban J connectivity index is 1.97. The number of hydrogen-bond donors (Lipinski definition) is 3. The molecule has 4 rings (SSSR count). The second-order valence-corrected chi connectivity index (χ2v) is 8.10. The van der Waals surface area contributed by atoms with E-state index in [1.54, 1.807) is 6.20 Å². The summed E-state index contributed by atoms with van der Waals surface area (Å²) in [5.41, 5.74) is 14.8. The Morgan fingerprint density at radius 1 is 1.42 bits per heavy atom. The molecule has 1 unspecified atom stereocenters. The third kappa shape index (κ3) is 2.69. The Labute approximate surface area is 154 Å². The van der Waals surface area contributed by atoms with E-state index in [4.69, 9.17) is 11.5 Å². The van der Waals surface area contributed by atoms with Crippen molar-refractivity contribution >= 4 is 38.5 Å². The molecule has 3 heterocycles. The Bertz CT molecular complexity index is 1110. The average Bonchev–Trinajstić information content (AvgIpc) is 3.35. The van der Waals surface area contributed by atoms with Gasteiger partial charge in [0.1, 0.15) is 5.39 Å². The van der Waals surface area contributed by atoms with Crippen molar-refractivity contribution in [1.82, 2.24) is 8.77 Å². The lowest BCUT2D eigenvalue weighted by Crippen LogP contribution is -2.27. The summed E-state index contributed by atoms with van der Waals surface area (Å²) in [6.07, 6.45) is 4.66. The molecule has 1 aliphatic carbocycles. The third-order valence-electron chi connectivity index (χ3n) is 5.07. The molecule has 3 aromatic rings. The molecule has 1 atom stereocenters. The zero-order valence-corrected chi connectivity index (χ0v) is 15.7. The Hall–Kier alpha value is -2.32. The second-order valence-electron chi connectivity index (χ2n) is 7.29. The Morgan fingerprint density at radius 3 is 2.81 bits per heavy atom. The number of H-pyrrole nitrogens is 1. The van der Waals surface area contributed by atoms with Crippen molar-refractivity contribution in [2.24, 2.45) is 5.73 Å². The van der Waals surface area contributed by atoms with Gasteiger partial charge in [-0.15, -0.1) is 0 Å². The number of fused-ring (bicyclic) bond motifs is 2. The molecule has 0 spiro atoms. The predicted molar refractivity (Wildman–Crippen MR) is 108 cm³/mol. The topological polar surface area (TPSA) is 110 Å². The highest BCUT2D eigenvalue weighted by atomic mass is 32.1. The van der Waals surface area contributed by atoms with Crippen molar-refractivity contribution in [2.75, 3.05) is 24.2 Å². The number of aromatic nitrogens is 2. The van der Waals surface area contributed by atoms with Crippen LogP contribution in [-0.4, -0.2) is 28.4 Å². The van der Waals surface area contributed by atoms with Gasteiger partial charge in [-0.2, -0.15) is 0 Å². The molecule has 138 valence electrons. The molecule has 0 radical (unpaired) electrons. The fraction of sp³-hybridized carbons (Fsp3) is 0.444. The van der Waals surface area contributed by atoms with Crippen molar-refractivity contribution in [3.05, 3.63) is 38.5 Å². The maximum Gasteiger partial charge on any atom is 0.271 e. The molecule has 0 aliphatic heterocycles. The van der Waals surface area contributed by atoms with Crippen molar-refractivity contribution in [1.29, 1.82) is 0 Å². The van der Waals surface area contributed by atoms with Gasteiger partial charge < -0.3 is 16.4 Å². The van der Waals surface area contributed by atoms with Crippen LogP contribution in [0.4, 0.5) is 11.4 Å². The molecule has 0 bridgehead atoms. The van der Waals surface area contributed by atoms with Gasteiger partial charge in [-0.3, -0.25) is 18.4 Å².